The second-order valence-electron chi connectivity index (χ2n) is 12.1. The van der Waals surface area contributed by atoms with E-state index in [-0.39, 0.29) is 6.04 Å². The molecule has 1 aliphatic heterocycles. The highest BCUT2D eigenvalue weighted by molar-refractivity contribution is 6.35. The van der Waals surface area contributed by atoms with Crippen LogP contribution in [0.2, 0.25) is 0 Å². The number of ether oxygens (including phenoxy) is 1. The molecule has 1 aliphatic rings. The molecule has 1 saturated heterocycles. The summed E-state index contributed by atoms with van der Waals surface area (Å²) in [4.78, 5) is 12.3. The highest BCUT2D eigenvalue weighted by Gasteiger charge is 2.26. The Labute approximate surface area is 273 Å². The third-order valence-electron chi connectivity index (χ3n) is 8.24. The van der Waals surface area contributed by atoms with E-state index in [2.05, 4.69) is 81.3 Å². The Balaban J connectivity index is 0.00000104. The van der Waals surface area contributed by atoms with Gasteiger partial charge in [0.1, 0.15) is 24.9 Å². The molecule has 0 saturated carbocycles. The predicted molar refractivity (Wildman–Crippen MR) is 194 cm³/mol. The second kappa shape index (κ2) is 16.7. The summed E-state index contributed by atoms with van der Waals surface area (Å²) in [5, 5.41) is 9.51. The first-order valence-corrected chi connectivity index (χ1v) is 16.9. The van der Waals surface area contributed by atoms with Gasteiger partial charge in [0, 0.05) is 41.6 Å². The van der Waals surface area contributed by atoms with Crippen molar-refractivity contribution in [3.63, 3.8) is 0 Å². The van der Waals surface area contributed by atoms with Gasteiger partial charge in [-0.3, -0.25) is 4.98 Å². The molecule has 2 atom stereocenters. The van der Waals surface area contributed by atoms with Crippen LogP contribution in [-0.2, 0) is 6.42 Å². The minimum absolute atomic E-state index is 0.0989. The van der Waals surface area contributed by atoms with E-state index in [0.29, 0.717) is 35.3 Å². The monoisotopic (exact) mass is 607 g/mol. The van der Waals surface area contributed by atoms with Crippen molar-refractivity contribution >= 4 is 41.1 Å². The van der Waals surface area contributed by atoms with Crippen molar-refractivity contribution in [2.24, 2.45) is 5.92 Å². The van der Waals surface area contributed by atoms with E-state index in [1.807, 2.05) is 39.1 Å². The van der Waals surface area contributed by atoms with Gasteiger partial charge in [-0.15, -0.1) is 5.47 Å². The molecule has 2 aromatic carbocycles. The molecule has 45 heavy (non-hydrogen) atoms. The molecule has 0 aliphatic carbocycles. The Morgan fingerprint density at radius 3 is 2.27 bits per heavy atom. The predicted octanol–water partition coefficient (Wildman–Crippen LogP) is 9.25. The number of imidazole rings is 1. The number of hydrogen-bond acceptors (Lipinski definition) is 5. The van der Waals surface area contributed by atoms with Crippen molar-refractivity contribution in [3.8, 4) is 5.75 Å². The fourth-order valence-electron chi connectivity index (χ4n) is 6.10. The molecule has 0 amide bonds. The van der Waals surface area contributed by atoms with Gasteiger partial charge in [0.15, 0.2) is 0 Å². The smallest absolute Gasteiger partial charge is 0.127 e. The van der Waals surface area contributed by atoms with Gasteiger partial charge >= 0.3 is 0 Å². The molecule has 2 aromatic heterocycles. The molecular formula is C38H54BN5O. The van der Waals surface area contributed by atoms with Gasteiger partial charge < -0.3 is 19.6 Å². The second-order valence-corrected chi connectivity index (χ2v) is 12.1. The van der Waals surface area contributed by atoms with Crippen LogP contribution in [0, 0.1) is 11.3 Å². The number of fused-ring (bicyclic) bond motifs is 3. The maximum Gasteiger partial charge on any atom is 0.127 e. The third kappa shape index (κ3) is 8.24. The first-order chi connectivity index (χ1) is 21.6. The van der Waals surface area contributed by atoms with Gasteiger partial charge in [-0.05, 0) is 63.9 Å². The van der Waals surface area contributed by atoms with Crippen LogP contribution >= 0.6 is 0 Å². The average molecular weight is 608 g/mol. The van der Waals surface area contributed by atoms with Crippen molar-refractivity contribution in [1.29, 1.82) is 5.41 Å². The van der Waals surface area contributed by atoms with Gasteiger partial charge in [-0.2, -0.15) is 0 Å². The summed E-state index contributed by atoms with van der Waals surface area (Å²) in [7, 11) is 6.33. The summed E-state index contributed by atoms with van der Waals surface area (Å²) in [6, 6.07) is 15.3. The summed E-state index contributed by atoms with van der Waals surface area (Å²) in [6.07, 6.45) is 5.05. The summed E-state index contributed by atoms with van der Waals surface area (Å²) in [5.41, 5.74) is 6.54. The van der Waals surface area contributed by atoms with Crippen molar-refractivity contribution in [2.45, 2.75) is 101 Å². The summed E-state index contributed by atoms with van der Waals surface area (Å²) < 4.78 is 8.98. The van der Waals surface area contributed by atoms with Crippen LogP contribution in [0.5, 0.6) is 5.75 Å². The summed E-state index contributed by atoms with van der Waals surface area (Å²) >= 11 is 0. The van der Waals surface area contributed by atoms with Gasteiger partial charge in [0.05, 0.1) is 29.9 Å². The van der Waals surface area contributed by atoms with Crippen molar-refractivity contribution in [1.82, 2.24) is 19.4 Å². The van der Waals surface area contributed by atoms with Crippen LogP contribution < -0.4 is 4.74 Å². The number of nitrogens with zero attached hydrogens (tertiary/aromatic N) is 4. The zero-order chi connectivity index (χ0) is 33.3. The van der Waals surface area contributed by atoms with Crippen molar-refractivity contribution < 1.29 is 4.74 Å². The number of hydrogen-bond donors (Lipinski definition) is 1. The van der Waals surface area contributed by atoms with E-state index in [0.717, 1.165) is 65.0 Å². The molecule has 7 heteroatoms. The lowest BCUT2D eigenvalue weighted by molar-refractivity contribution is 0.223. The first-order valence-electron chi connectivity index (χ1n) is 16.9. The molecular weight excluding hydrogens is 553 g/mol. The van der Waals surface area contributed by atoms with Gasteiger partial charge in [-0.1, -0.05) is 78.3 Å². The van der Waals surface area contributed by atoms with Crippen LogP contribution in [0.15, 0.2) is 54.1 Å². The Hall–Kier alpha value is -3.45. The van der Waals surface area contributed by atoms with E-state index in [4.69, 9.17) is 28.0 Å². The fraction of sp³-hybridized carbons (Fsp3) is 0.500. The van der Waals surface area contributed by atoms with Crippen molar-refractivity contribution in [2.75, 3.05) is 19.7 Å². The molecule has 6 nitrogen and oxygen atoms in total. The van der Waals surface area contributed by atoms with Gasteiger partial charge in [-0.25, -0.2) is 4.98 Å². The van der Waals surface area contributed by atoms with E-state index in [1.165, 1.54) is 12.0 Å². The molecule has 5 rings (SSSR count). The molecule has 2 unspecified atom stereocenters. The number of pyridine rings is 1. The fourth-order valence-corrected chi connectivity index (χ4v) is 6.10. The Kier molecular flexibility index (Phi) is 13.4. The van der Waals surface area contributed by atoms with Crippen LogP contribution in [0.1, 0.15) is 105 Å². The SMILES string of the molecule is CC.CCC.[B]/C(C)=C(\C(C)=N)c1cc2ncc3nc(CC)n(C(C)c4ccccc4)c3c2cc1OCC1CCN(C(C)C)C1. The van der Waals surface area contributed by atoms with E-state index in [9.17, 15) is 0 Å². The van der Waals surface area contributed by atoms with Crippen LogP contribution in [0.3, 0.4) is 0 Å². The van der Waals surface area contributed by atoms with E-state index in [1.54, 1.807) is 6.92 Å². The number of benzene rings is 2. The lowest BCUT2D eigenvalue weighted by atomic mass is 9.85. The summed E-state index contributed by atoms with van der Waals surface area (Å²) in [5.74, 6) is 2.23. The number of likely N-dealkylation sites (tertiary alicyclic amines) is 1. The van der Waals surface area contributed by atoms with E-state index < -0.39 is 0 Å². The van der Waals surface area contributed by atoms with Crippen LogP contribution in [0.4, 0.5) is 0 Å². The molecule has 0 bridgehead atoms. The van der Waals surface area contributed by atoms with E-state index >= 15 is 0 Å². The minimum atomic E-state index is 0.0989. The molecule has 4 aromatic rings. The number of nitrogens with one attached hydrogen (secondary N) is 1. The molecule has 3 heterocycles. The van der Waals surface area contributed by atoms with Gasteiger partial charge in [0.25, 0.3) is 0 Å². The summed E-state index contributed by atoms with van der Waals surface area (Å²) in [6.45, 7) is 23.5. The lowest BCUT2D eigenvalue weighted by Gasteiger charge is -2.22. The van der Waals surface area contributed by atoms with Gasteiger partial charge in [0.2, 0.25) is 0 Å². The third-order valence-corrected chi connectivity index (χ3v) is 8.24. The molecule has 240 valence electrons. The molecule has 1 fully saturated rings. The normalized spacial score (nSPS) is 16.1. The maximum atomic E-state index is 8.51. The molecule has 1 N–H and O–H groups in total. The van der Waals surface area contributed by atoms with Crippen molar-refractivity contribution in [3.05, 3.63) is 71.1 Å². The van der Waals surface area contributed by atoms with Crippen LogP contribution in [-0.4, -0.2) is 58.7 Å². The lowest BCUT2D eigenvalue weighted by Crippen LogP contribution is -2.29. The number of rotatable bonds is 9. The number of allylic oxidation sites excluding steroid dienone is 2. The Bertz CT molecular complexity index is 1590. The number of aromatic nitrogens is 3. The maximum absolute atomic E-state index is 8.51. The Morgan fingerprint density at radius 2 is 1.71 bits per heavy atom. The minimum Gasteiger partial charge on any atom is -0.493 e. The first kappa shape index (κ1) is 36.0. The standard InChI is InChI=1S/C33H40BN5O.C3H8.C2H6/c1-7-31-37-29-17-36-28-15-27(32(21(4)34)22(5)35)30(40-19-24-13-14-38(18-24)20(2)3)16-26(28)33(29)39(31)23(6)25-11-9-8-10-12-25;1-3-2;1-2/h8-12,15-17,20,23-24,35H,7,13-14,18-19H2,1-6H3;3H2,1-2H3;1-2H3/b32-21+,35-22?;;. The Morgan fingerprint density at radius 1 is 1.04 bits per heavy atom. The molecule has 0 spiro atoms. The number of aryl methyl sites for hydroxylation is 1. The highest BCUT2D eigenvalue weighted by Crippen LogP contribution is 2.38. The topological polar surface area (TPSA) is 67.0 Å². The quantitative estimate of drug-likeness (QED) is 0.152. The largest absolute Gasteiger partial charge is 0.493 e. The molecule has 2 radical (unpaired) electrons. The van der Waals surface area contributed by atoms with Crippen LogP contribution in [0.25, 0.3) is 27.5 Å². The highest BCUT2D eigenvalue weighted by atomic mass is 16.5. The zero-order valence-electron chi connectivity index (χ0n) is 29.4. The average Bonchev–Trinajstić information content (AvgIpc) is 3.66. The zero-order valence-corrected chi connectivity index (χ0v) is 29.4.